The fourth-order valence-corrected chi connectivity index (χ4v) is 6.04. The summed E-state index contributed by atoms with van der Waals surface area (Å²) in [4.78, 5) is 41.0. The quantitative estimate of drug-likeness (QED) is 0.401. The molecule has 0 spiro atoms. The standard InChI is InChI=1S/C31H42N4O6/c1-7-35-14-8-9-21(35)17-32-31(38)18(2)33-25-13-11-22-23(16-26(25)37)24(34-19(3)36)12-10-20-15-27(39-4)29(40-5)30(41-6)28(20)22/h11,13,15-16,18,21,24H,7-10,12,14,17H2,1-6H3,(H,32,38)(H,33,37)(H,34,36)/t18-,21-,24-/m1/s1. The van der Waals surface area contributed by atoms with Gasteiger partial charge in [-0.1, -0.05) is 13.0 Å². The number of nitrogens with zero attached hydrogens (tertiary/aromatic N) is 1. The van der Waals surface area contributed by atoms with Crippen LogP contribution in [0.25, 0.3) is 11.1 Å². The molecule has 3 N–H and O–H groups in total. The Labute approximate surface area is 241 Å². The molecular formula is C31H42N4O6. The highest BCUT2D eigenvalue weighted by Crippen LogP contribution is 2.50. The number of carbonyl (C=O) groups is 2. The molecule has 4 rings (SSSR count). The van der Waals surface area contributed by atoms with E-state index in [1.54, 1.807) is 40.4 Å². The fourth-order valence-electron chi connectivity index (χ4n) is 6.04. The van der Waals surface area contributed by atoms with E-state index in [0.717, 1.165) is 42.6 Å². The zero-order chi connectivity index (χ0) is 29.7. The third-order valence-electron chi connectivity index (χ3n) is 8.10. The summed E-state index contributed by atoms with van der Waals surface area (Å²) >= 11 is 0. The number of hydrogen-bond acceptors (Lipinski definition) is 8. The van der Waals surface area contributed by atoms with Crippen molar-refractivity contribution in [2.75, 3.05) is 46.3 Å². The first-order chi connectivity index (χ1) is 19.7. The molecule has 41 heavy (non-hydrogen) atoms. The van der Waals surface area contributed by atoms with E-state index in [9.17, 15) is 14.4 Å². The SMILES string of the molecule is CCN1CCC[C@@H]1CNC(=O)[C@@H](C)Nc1ccc2c(cc1=O)[C@H](NC(C)=O)CCc1cc(OC)c(OC)c(OC)c1-2. The minimum atomic E-state index is -0.626. The summed E-state index contributed by atoms with van der Waals surface area (Å²) in [5.74, 6) is 1.11. The molecule has 0 saturated carbocycles. The maximum atomic E-state index is 13.5. The maximum absolute atomic E-state index is 13.5. The molecule has 1 heterocycles. The number of amides is 2. The van der Waals surface area contributed by atoms with E-state index >= 15 is 0 Å². The van der Waals surface area contributed by atoms with Gasteiger partial charge < -0.3 is 30.2 Å². The lowest BCUT2D eigenvalue weighted by Gasteiger charge is -2.24. The predicted molar refractivity (Wildman–Crippen MR) is 159 cm³/mol. The smallest absolute Gasteiger partial charge is 0.242 e. The largest absolute Gasteiger partial charge is 0.493 e. The van der Waals surface area contributed by atoms with Gasteiger partial charge in [-0.25, -0.2) is 0 Å². The average Bonchev–Trinajstić information content (AvgIpc) is 3.30. The molecule has 10 nitrogen and oxygen atoms in total. The van der Waals surface area contributed by atoms with E-state index in [1.165, 1.54) is 6.92 Å². The van der Waals surface area contributed by atoms with Crippen LogP contribution in [0.2, 0.25) is 0 Å². The van der Waals surface area contributed by atoms with E-state index < -0.39 is 12.1 Å². The van der Waals surface area contributed by atoms with Crippen LogP contribution in [0, 0.1) is 0 Å². The Morgan fingerprint density at radius 3 is 2.49 bits per heavy atom. The third kappa shape index (κ3) is 6.43. The summed E-state index contributed by atoms with van der Waals surface area (Å²) in [7, 11) is 4.68. The van der Waals surface area contributed by atoms with Gasteiger partial charge >= 0.3 is 0 Å². The molecule has 3 atom stereocenters. The molecule has 0 radical (unpaired) electrons. The fraction of sp³-hybridized carbons (Fsp3) is 0.516. The van der Waals surface area contributed by atoms with Crippen LogP contribution < -0.4 is 35.6 Å². The molecule has 1 aliphatic heterocycles. The maximum Gasteiger partial charge on any atom is 0.242 e. The normalized spacial score (nSPS) is 18.8. The zero-order valence-electron chi connectivity index (χ0n) is 24.9. The molecule has 2 aromatic carbocycles. The van der Waals surface area contributed by atoms with Gasteiger partial charge in [0.2, 0.25) is 23.0 Å². The molecule has 0 unspecified atom stereocenters. The van der Waals surface area contributed by atoms with Crippen LogP contribution in [-0.4, -0.2) is 69.8 Å². The average molecular weight is 567 g/mol. The van der Waals surface area contributed by atoms with Crippen LogP contribution in [0.5, 0.6) is 17.2 Å². The van der Waals surface area contributed by atoms with Crippen LogP contribution >= 0.6 is 0 Å². The topological polar surface area (TPSA) is 118 Å². The number of likely N-dealkylation sites (tertiary alicyclic amines) is 1. The summed E-state index contributed by atoms with van der Waals surface area (Å²) in [6.45, 7) is 7.94. The minimum absolute atomic E-state index is 0.166. The first-order valence-electron chi connectivity index (χ1n) is 14.3. The van der Waals surface area contributed by atoms with Crippen LogP contribution in [0.3, 0.4) is 0 Å². The number of benzene rings is 1. The highest BCUT2D eigenvalue weighted by atomic mass is 16.5. The van der Waals surface area contributed by atoms with Crippen molar-refractivity contribution in [3.05, 3.63) is 45.6 Å². The Morgan fingerprint density at radius 1 is 1.07 bits per heavy atom. The zero-order valence-corrected chi connectivity index (χ0v) is 24.9. The molecule has 0 aromatic heterocycles. The Hall–Kier alpha value is -3.79. The van der Waals surface area contributed by atoms with Gasteiger partial charge in [-0.15, -0.1) is 0 Å². The number of fused-ring (bicyclic) bond motifs is 3. The van der Waals surface area contributed by atoms with Crippen molar-refractivity contribution in [2.24, 2.45) is 0 Å². The Bertz CT molecular complexity index is 1350. The van der Waals surface area contributed by atoms with Crippen molar-refractivity contribution in [3.8, 4) is 28.4 Å². The van der Waals surface area contributed by atoms with Crippen molar-refractivity contribution in [1.82, 2.24) is 15.5 Å². The monoisotopic (exact) mass is 566 g/mol. The van der Waals surface area contributed by atoms with Crippen molar-refractivity contribution in [2.45, 2.75) is 64.6 Å². The first kappa shape index (κ1) is 30.2. The van der Waals surface area contributed by atoms with Crippen molar-refractivity contribution < 1.29 is 23.8 Å². The summed E-state index contributed by atoms with van der Waals surface area (Å²) < 4.78 is 17.1. The number of rotatable bonds is 10. The molecular weight excluding hydrogens is 524 g/mol. The predicted octanol–water partition coefficient (Wildman–Crippen LogP) is 3.26. The second kappa shape index (κ2) is 13.2. The van der Waals surface area contributed by atoms with Gasteiger partial charge in [0.25, 0.3) is 0 Å². The van der Waals surface area contributed by atoms with Crippen LogP contribution in [-0.2, 0) is 16.0 Å². The van der Waals surface area contributed by atoms with E-state index in [4.69, 9.17) is 14.2 Å². The lowest BCUT2D eigenvalue weighted by atomic mass is 9.95. The first-order valence-corrected chi connectivity index (χ1v) is 14.3. The van der Waals surface area contributed by atoms with E-state index in [2.05, 4.69) is 27.8 Å². The number of likely N-dealkylation sites (N-methyl/N-ethyl adjacent to an activating group) is 1. The van der Waals surface area contributed by atoms with E-state index in [-0.39, 0.29) is 17.2 Å². The van der Waals surface area contributed by atoms with Crippen molar-refractivity contribution >= 4 is 17.5 Å². The summed E-state index contributed by atoms with van der Waals surface area (Å²) in [6, 6.07) is 6.30. The summed E-state index contributed by atoms with van der Waals surface area (Å²) in [5, 5.41) is 9.17. The van der Waals surface area contributed by atoms with Gasteiger partial charge in [-0.2, -0.15) is 0 Å². The third-order valence-corrected chi connectivity index (χ3v) is 8.10. The molecule has 2 amide bonds. The second-order valence-electron chi connectivity index (χ2n) is 10.6. The van der Waals surface area contributed by atoms with E-state index in [1.807, 2.05) is 12.1 Å². The molecule has 1 fully saturated rings. The molecule has 0 bridgehead atoms. The molecule has 222 valence electrons. The highest BCUT2D eigenvalue weighted by molar-refractivity contribution is 5.85. The Kier molecular flexibility index (Phi) is 9.75. The number of ether oxygens (including phenoxy) is 3. The van der Waals surface area contributed by atoms with Gasteiger partial charge in [0.1, 0.15) is 6.04 Å². The van der Waals surface area contributed by atoms with Crippen molar-refractivity contribution in [3.63, 3.8) is 0 Å². The van der Waals surface area contributed by atoms with Gasteiger partial charge in [0.05, 0.1) is 33.1 Å². The van der Waals surface area contributed by atoms with Gasteiger partial charge in [0, 0.05) is 25.1 Å². The van der Waals surface area contributed by atoms with Crippen LogP contribution in [0.15, 0.2) is 29.1 Å². The summed E-state index contributed by atoms with van der Waals surface area (Å²) in [6.07, 6.45) is 3.39. The molecule has 2 aliphatic rings. The van der Waals surface area contributed by atoms with Gasteiger partial charge in [-0.3, -0.25) is 19.3 Å². The number of anilines is 1. The van der Waals surface area contributed by atoms with E-state index in [0.29, 0.717) is 53.9 Å². The molecule has 1 aliphatic carbocycles. The van der Waals surface area contributed by atoms with Crippen LogP contribution in [0.4, 0.5) is 5.69 Å². The highest BCUT2D eigenvalue weighted by Gasteiger charge is 2.30. The number of nitrogens with one attached hydrogen (secondary N) is 3. The Balaban J connectivity index is 1.72. The minimum Gasteiger partial charge on any atom is -0.493 e. The number of carbonyl (C=O) groups excluding carboxylic acids is 2. The van der Waals surface area contributed by atoms with Crippen LogP contribution in [0.1, 0.15) is 57.2 Å². The number of methoxy groups -OCH3 is 3. The second-order valence-corrected chi connectivity index (χ2v) is 10.6. The Morgan fingerprint density at radius 2 is 1.83 bits per heavy atom. The lowest BCUT2D eigenvalue weighted by molar-refractivity contribution is -0.122. The molecule has 2 aromatic rings. The van der Waals surface area contributed by atoms with Gasteiger partial charge in [0.15, 0.2) is 11.5 Å². The lowest BCUT2D eigenvalue weighted by Crippen LogP contribution is -2.45. The number of aryl methyl sites for hydroxylation is 1. The molecule has 10 heteroatoms. The van der Waals surface area contributed by atoms with Gasteiger partial charge in [-0.05, 0) is 80.6 Å². The number of hydrogen-bond donors (Lipinski definition) is 3. The summed E-state index contributed by atoms with van der Waals surface area (Å²) in [5.41, 5.74) is 3.13. The molecule has 1 saturated heterocycles. The van der Waals surface area contributed by atoms with Crippen molar-refractivity contribution in [1.29, 1.82) is 0 Å².